The molecule has 2 aromatic heterocycles. The van der Waals surface area contributed by atoms with Crippen LogP contribution in [0.25, 0.3) is 0 Å². The second-order valence-electron chi connectivity index (χ2n) is 6.77. The molecule has 0 aromatic carbocycles. The Morgan fingerprint density at radius 2 is 2.07 bits per heavy atom. The number of carbonyl (C=O) groups excluding carboxylic acids is 3. The molecule has 1 saturated heterocycles. The van der Waals surface area contributed by atoms with Crippen LogP contribution in [0.2, 0.25) is 0 Å². The third kappa shape index (κ3) is 3.05. The Bertz CT molecular complexity index is 932. The Hall–Kier alpha value is -3.22. The molecule has 2 aromatic rings. The van der Waals surface area contributed by atoms with Crippen molar-refractivity contribution in [1.82, 2.24) is 19.8 Å². The van der Waals surface area contributed by atoms with Gasteiger partial charge in [-0.25, -0.2) is 4.79 Å². The first-order valence-electron chi connectivity index (χ1n) is 8.66. The van der Waals surface area contributed by atoms with E-state index in [1.807, 2.05) is 18.4 Å². The van der Waals surface area contributed by atoms with Crippen LogP contribution in [0.15, 0.2) is 43.1 Å². The van der Waals surface area contributed by atoms with Gasteiger partial charge in [0.25, 0.3) is 5.91 Å². The summed E-state index contributed by atoms with van der Waals surface area (Å²) < 4.78 is 1.96. The van der Waals surface area contributed by atoms with Crippen molar-refractivity contribution >= 4 is 17.7 Å². The summed E-state index contributed by atoms with van der Waals surface area (Å²) in [7, 11) is 0. The lowest BCUT2D eigenvalue weighted by Crippen LogP contribution is -2.42. The summed E-state index contributed by atoms with van der Waals surface area (Å²) in [5, 5.41) is 2.66. The molecular formula is C20H22N4O3. The van der Waals surface area contributed by atoms with Gasteiger partial charge >= 0.3 is 6.03 Å². The summed E-state index contributed by atoms with van der Waals surface area (Å²) in [6.07, 6.45) is 3.31. The van der Waals surface area contributed by atoms with Crippen LogP contribution in [0.4, 0.5) is 4.79 Å². The van der Waals surface area contributed by atoms with Gasteiger partial charge in [-0.3, -0.25) is 19.5 Å². The number of aryl methyl sites for hydroxylation is 1. The smallest absolute Gasteiger partial charge is 0.325 e. The summed E-state index contributed by atoms with van der Waals surface area (Å²) in [4.78, 5) is 43.2. The van der Waals surface area contributed by atoms with Gasteiger partial charge in [-0.15, -0.1) is 6.58 Å². The minimum absolute atomic E-state index is 0.285. The highest BCUT2D eigenvalue weighted by Gasteiger charge is 2.50. The maximum absolute atomic E-state index is 12.9. The van der Waals surface area contributed by atoms with Crippen LogP contribution in [0, 0.1) is 13.8 Å². The van der Waals surface area contributed by atoms with Crippen LogP contribution in [0.5, 0.6) is 0 Å². The minimum Gasteiger partial charge on any atom is -0.345 e. The van der Waals surface area contributed by atoms with Crippen molar-refractivity contribution in [3.8, 4) is 0 Å². The monoisotopic (exact) mass is 366 g/mol. The quantitative estimate of drug-likeness (QED) is 0.483. The lowest BCUT2D eigenvalue weighted by molar-refractivity contribution is -0.130. The number of ketones is 1. The van der Waals surface area contributed by atoms with E-state index in [-0.39, 0.29) is 12.3 Å². The highest BCUT2D eigenvalue weighted by Crippen LogP contribution is 2.27. The fraction of sp³-hybridized carbons (Fsp3) is 0.300. The Balaban J connectivity index is 1.85. The molecule has 1 aliphatic rings. The van der Waals surface area contributed by atoms with Gasteiger partial charge < -0.3 is 9.88 Å². The molecule has 0 radical (unpaired) electrons. The number of pyridine rings is 1. The summed E-state index contributed by atoms with van der Waals surface area (Å²) in [5.74, 6) is -0.772. The van der Waals surface area contributed by atoms with Crippen molar-refractivity contribution in [3.63, 3.8) is 0 Å². The van der Waals surface area contributed by atoms with Crippen LogP contribution < -0.4 is 5.32 Å². The van der Waals surface area contributed by atoms with Gasteiger partial charge in [-0.05, 0) is 39.0 Å². The zero-order valence-electron chi connectivity index (χ0n) is 15.7. The average molecular weight is 366 g/mol. The zero-order chi connectivity index (χ0) is 19.8. The predicted octanol–water partition coefficient (Wildman–Crippen LogP) is 2.34. The van der Waals surface area contributed by atoms with E-state index < -0.39 is 17.5 Å². The molecule has 27 heavy (non-hydrogen) atoms. The number of aromatic nitrogens is 2. The normalized spacial score (nSPS) is 19.3. The number of urea groups is 1. The molecule has 7 nitrogen and oxygen atoms in total. The Morgan fingerprint density at radius 1 is 1.33 bits per heavy atom. The maximum atomic E-state index is 12.9. The molecule has 1 N–H and O–H groups in total. The summed E-state index contributed by atoms with van der Waals surface area (Å²) in [6, 6.07) is 6.33. The number of nitrogens with zero attached hydrogens (tertiary/aromatic N) is 3. The second-order valence-corrected chi connectivity index (χ2v) is 6.77. The van der Waals surface area contributed by atoms with Crippen molar-refractivity contribution in [2.24, 2.45) is 0 Å². The number of hydrogen-bond acceptors (Lipinski definition) is 4. The number of allylic oxidation sites excluding steroid dienone is 1. The van der Waals surface area contributed by atoms with Gasteiger partial charge in [0.2, 0.25) is 0 Å². The first-order chi connectivity index (χ1) is 12.8. The SMILES string of the molecule is C=CCn1c(C)cc(C(=O)CN2C(=O)NC(C)(c3ccccn3)C2=O)c1C. The summed E-state index contributed by atoms with van der Waals surface area (Å²) in [5.41, 5.74) is 1.37. The number of carbonyl (C=O) groups is 3. The highest BCUT2D eigenvalue weighted by atomic mass is 16.2. The van der Waals surface area contributed by atoms with Gasteiger partial charge in [0.1, 0.15) is 0 Å². The molecule has 1 unspecified atom stereocenters. The molecular weight excluding hydrogens is 344 g/mol. The van der Waals surface area contributed by atoms with Crippen molar-refractivity contribution in [1.29, 1.82) is 0 Å². The molecule has 3 rings (SSSR count). The number of amides is 3. The maximum Gasteiger partial charge on any atom is 0.325 e. The Kier molecular flexibility index (Phi) is 4.70. The van der Waals surface area contributed by atoms with Gasteiger partial charge in [0, 0.05) is 29.7 Å². The van der Waals surface area contributed by atoms with Crippen molar-refractivity contribution in [3.05, 3.63) is 65.8 Å². The molecule has 3 amide bonds. The van der Waals surface area contributed by atoms with E-state index in [0.29, 0.717) is 17.8 Å². The highest BCUT2D eigenvalue weighted by molar-refractivity contribution is 6.11. The topological polar surface area (TPSA) is 84.3 Å². The van der Waals surface area contributed by atoms with Crippen LogP contribution in [-0.2, 0) is 16.9 Å². The van der Waals surface area contributed by atoms with E-state index in [1.165, 1.54) is 0 Å². The van der Waals surface area contributed by atoms with E-state index >= 15 is 0 Å². The molecule has 0 bridgehead atoms. The molecule has 1 atom stereocenters. The third-order valence-corrected chi connectivity index (χ3v) is 4.94. The lowest BCUT2D eigenvalue weighted by Gasteiger charge is -2.20. The Morgan fingerprint density at radius 3 is 2.70 bits per heavy atom. The van der Waals surface area contributed by atoms with Crippen LogP contribution in [0.1, 0.15) is 34.4 Å². The molecule has 1 fully saturated rings. The number of rotatable bonds is 6. The van der Waals surface area contributed by atoms with Gasteiger partial charge in [-0.1, -0.05) is 12.1 Å². The van der Waals surface area contributed by atoms with E-state index in [1.54, 1.807) is 43.5 Å². The molecule has 0 aliphatic carbocycles. The fourth-order valence-corrected chi connectivity index (χ4v) is 3.39. The average Bonchev–Trinajstić information content (AvgIpc) is 3.05. The van der Waals surface area contributed by atoms with Gasteiger partial charge in [-0.2, -0.15) is 0 Å². The molecule has 0 saturated carbocycles. The lowest BCUT2D eigenvalue weighted by atomic mass is 9.97. The number of hydrogen-bond donors (Lipinski definition) is 1. The number of Topliss-reactive ketones (excluding diaryl/α,β-unsaturated/α-hetero) is 1. The van der Waals surface area contributed by atoms with E-state index in [0.717, 1.165) is 16.3 Å². The number of imide groups is 1. The van der Waals surface area contributed by atoms with Gasteiger partial charge in [0.15, 0.2) is 11.3 Å². The molecule has 3 heterocycles. The summed E-state index contributed by atoms with van der Waals surface area (Å²) in [6.45, 7) is 9.33. The van der Waals surface area contributed by atoms with E-state index in [9.17, 15) is 14.4 Å². The Labute approximate surface area is 157 Å². The molecule has 1 aliphatic heterocycles. The standard InChI is InChI=1S/C20H22N4O3/c1-5-10-23-13(2)11-15(14(23)3)16(25)12-24-18(26)20(4,22-19(24)27)17-8-6-7-9-21-17/h5-9,11H,1,10,12H2,2-4H3,(H,22,27). The van der Waals surface area contributed by atoms with Crippen LogP contribution in [0.3, 0.4) is 0 Å². The second kappa shape index (κ2) is 6.83. The molecule has 140 valence electrons. The molecule has 0 spiro atoms. The van der Waals surface area contributed by atoms with Crippen LogP contribution >= 0.6 is 0 Å². The van der Waals surface area contributed by atoms with E-state index in [4.69, 9.17) is 0 Å². The first kappa shape index (κ1) is 18.6. The fourth-order valence-electron chi connectivity index (χ4n) is 3.39. The van der Waals surface area contributed by atoms with E-state index in [2.05, 4.69) is 16.9 Å². The first-order valence-corrected chi connectivity index (χ1v) is 8.66. The van der Waals surface area contributed by atoms with Crippen molar-refractivity contribution < 1.29 is 14.4 Å². The zero-order valence-corrected chi connectivity index (χ0v) is 15.7. The van der Waals surface area contributed by atoms with Gasteiger partial charge in [0.05, 0.1) is 12.2 Å². The molecule has 7 heteroatoms. The van der Waals surface area contributed by atoms with Crippen molar-refractivity contribution in [2.45, 2.75) is 32.9 Å². The van der Waals surface area contributed by atoms with Crippen molar-refractivity contribution in [2.75, 3.05) is 6.54 Å². The minimum atomic E-state index is -1.28. The summed E-state index contributed by atoms with van der Waals surface area (Å²) >= 11 is 0. The largest absolute Gasteiger partial charge is 0.345 e. The third-order valence-electron chi connectivity index (χ3n) is 4.94. The van der Waals surface area contributed by atoms with Crippen LogP contribution in [-0.4, -0.2) is 38.7 Å². The predicted molar refractivity (Wildman–Crippen MR) is 100 cm³/mol. The number of nitrogens with one attached hydrogen (secondary N) is 1.